The molecule has 1 unspecified atom stereocenters. The van der Waals surface area contributed by atoms with Crippen LogP contribution in [0.5, 0.6) is 0 Å². The van der Waals surface area contributed by atoms with E-state index in [0.717, 1.165) is 6.26 Å². The predicted octanol–water partition coefficient (Wildman–Crippen LogP) is 2.00. The summed E-state index contributed by atoms with van der Waals surface area (Å²) in [6, 6.07) is 2.08. The second-order valence-corrected chi connectivity index (χ2v) is 4.99. The summed E-state index contributed by atoms with van der Waals surface area (Å²) in [7, 11) is 1.24. The van der Waals surface area contributed by atoms with Crippen LogP contribution in [-0.4, -0.2) is 25.3 Å². The van der Waals surface area contributed by atoms with Crippen LogP contribution in [0.15, 0.2) is 35.6 Å². The third kappa shape index (κ3) is 4.80. The van der Waals surface area contributed by atoms with Gasteiger partial charge in [-0.3, -0.25) is 0 Å². The first kappa shape index (κ1) is 16.5. The fraction of sp³-hybridized carbons (Fsp3) is 0.400. The van der Waals surface area contributed by atoms with Gasteiger partial charge in [-0.2, -0.15) is 5.26 Å². The highest BCUT2D eigenvalue weighted by Gasteiger charge is 2.23. The maximum absolute atomic E-state index is 11.6. The Bertz CT molecular complexity index is 563. The van der Waals surface area contributed by atoms with Gasteiger partial charge >= 0.3 is 11.9 Å². The van der Waals surface area contributed by atoms with Crippen LogP contribution in [0.4, 0.5) is 0 Å². The van der Waals surface area contributed by atoms with E-state index in [-0.39, 0.29) is 5.57 Å². The Balaban J connectivity index is 2.84. The largest absolute Gasteiger partial charge is 0.465 e. The first-order valence-electron chi connectivity index (χ1n) is 6.23. The Labute approximate surface area is 123 Å². The molecule has 0 spiro atoms. The van der Waals surface area contributed by atoms with Crippen molar-refractivity contribution in [2.75, 3.05) is 7.11 Å². The third-order valence-electron chi connectivity index (χ3n) is 2.65. The molecule has 1 heterocycles. The molecule has 0 saturated heterocycles. The third-order valence-corrected chi connectivity index (χ3v) is 2.65. The lowest BCUT2D eigenvalue weighted by atomic mass is 9.94. The molecule has 0 aromatic carbocycles. The first-order chi connectivity index (χ1) is 9.79. The van der Waals surface area contributed by atoms with Gasteiger partial charge in [0.05, 0.1) is 24.2 Å². The summed E-state index contributed by atoms with van der Waals surface area (Å²) < 4.78 is 14.7. The lowest BCUT2D eigenvalue weighted by Gasteiger charge is -2.10. The second-order valence-electron chi connectivity index (χ2n) is 4.99. The van der Waals surface area contributed by atoms with E-state index in [0.29, 0.717) is 5.57 Å². The number of esters is 2. The molecule has 1 rings (SSSR count). The molecule has 1 aliphatic rings. The SMILES string of the molecule is COC(=O)C(/C=C/C(C)(C)C#N)=C/OC1C=C(C)C(=O)O1. The van der Waals surface area contributed by atoms with Crippen molar-refractivity contribution < 1.29 is 23.8 Å². The normalized spacial score (nSPS) is 19.0. The predicted molar refractivity (Wildman–Crippen MR) is 73.4 cm³/mol. The van der Waals surface area contributed by atoms with Crippen molar-refractivity contribution in [3.05, 3.63) is 35.6 Å². The van der Waals surface area contributed by atoms with E-state index < -0.39 is 23.6 Å². The molecule has 0 aliphatic carbocycles. The molecule has 1 atom stereocenters. The van der Waals surface area contributed by atoms with Gasteiger partial charge in [-0.05, 0) is 26.8 Å². The molecule has 0 radical (unpaired) electrons. The molecule has 0 N–H and O–H groups in total. The summed E-state index contributed by atoms with van der Waals surface area (Å²) in [5, 5.41) is 8.93. The minimum Gasteiger partial charge on any atom is -0.465 e. The van der Waals surface area contributed by atoms with Gasteiger partial charge in [-0.1, -0.05) is 6.08 Å². The maximum Gasteiger partial charge on any atom is 0.340 e. The Hall–Kier alpha value is -2.55. The second kappa shape index (κ2) is 6.75. The Morgan fingerprint density at radius 1 is 1.52 bits per heavy atom. The fourth-order valence-corrected chi connectivity index (χ4v) is 1.32. The zero-order chi connectivity index (χ0) is 16.0. The molecule has 0 saturated carbocycles. The molecular formula is C15H17NO5. The summed E-state index contributed by atoms with van der Waals surface area (Å²) in [5.41, 5.74) is -0.187. The molecule has 21 heavy (non-hydrogen) atoms. The van der Waals surface area contributed by atoms with Gasteiger partial charge in [0.25, 0.3) is 6.29 Å². The van der Waals surface area contributed by atoms with Gasteiger partial charge in [0.2, 0.25) is 0 Å². The number of hydrogen-bond acceptors (Lipinski definition) is 6. The van der Waals surface area contributed by atoms with Crippen LogP contribution in [0.3, 0.4) is 0 Å². The average molecular weight is 291 g/mol. The smallest absolute Gasteiger partial charge is 0.340 e. The molecule has 6 nitrogen and oxygen atoms in total. The highest BCUT2D eigenvalue weighted by Crippen LogP contribution is 2.18. The van der Waals surface area contributed by atoms with Gasteiger partial charge in [-0.15, -0.1) is 0 Å². The van der Waals surface area contributed by atoms with Gasteiger partial charge in [0, 0.05) is 11.6 Å². The van der Waals surface area contributed by atoms with E-state index in [1.54, 1.807) is 26.8 Å². The summed E-state index contributed by atoms with van der Waals surface area (Å²) in [6.07, 6.45) is 4.76. The molecule has 1 aliphatic heterocycles. The van der Waals surface area contributed by atoms with Crippen LogP contribution in [0, 0.1) is 16.7 Å². The number of rotatable bonds is 5. The van der Waals surface area contributed by atoms with Crippen molar-refractivity contribution in [3.8, 4) is 6.07 Å². The number of ether oxygens (including phenoxy) is 3. The molecule has 0 bridgehead atoms. The fourth-order valence-electron chi connectivity index (χ4n) is 1.32. The van der Waals surface area contributed by atoms with Crippen molar-refractivity contribution in [1.29, 1.82) is 5.26 Å². The highest BCUT2D eigenvalue weighted by molar-refractivity contribution is 5.91. The lowest BCUT2D eigenvalue weighted by molar-refractivity contribution is -0.152. The zero-order valence-electron chi connectivity index (χ0n) is 12.4. The number of nitrogens with zero attached hydrogens (tertiary/aromatic N) is 1. The number of methoxy groups -OCH3 is 1. The maximum atomic E-state index is 11.6. The van der Waals surface area contributed by atoms with Gasteiger partial charge in [-0.25, -0.2) is 9.59 Å². The first-order valence-corrected chi connectivity index (χ1v) is 6.23. The van der Waals surface area contributed by atoms with Crippen LogP contribution in [0.25, 0.3) is 0 Å². The summed E-state index contributed by atoms with van der Waals surface area (Å²) in [4.78, 5) is 22.8. The Kier molecular flexibility index (Phi) is 5.30. The minimum atomic E-state index is -0.866. The van der Waals surface area contributed by atoms with Crippen molar-refractivity contribution >= 4 is 11.9 Å². The van der Waals surface area contributed by atoms with Crippen LogP contribution in [0.2, 0.25) is 0 Å². The monoisotopic (exact) mass is 291 g/mol. The quantitative estimate of drug-likeness (QED) is 0.333. The topological polar surface area (TPSA) is 85.6 Å². The van der Waals surface area contributed by atoms with Crippen molar-refractivity contribution in [2.24, 2.45) is 5.41 Å². The van der Waals surface area contributed by atoms with Crippen molar-refractivity contribution in [2.45, 2.75) is 27.1 Å². The van der Waals surface area contributed by atoms with E-state index in [9.17, 15) is 9.59 Å². The number of nitriles is 1. The van der Waals surface area contributed by atoms with Crippen LogP contribution < -0.4 is 0 Å². The number of hydrogen-bond donors (Lipinski definition) is 0. The Morgan fingerprint density at radius 2 is 2.19 bits per heavy atom. The van der Waals surface area contributed by atoms with Crippen molar-refractivity contribution in [1.82, 2.24) is 0 Å². The molecule has 6 heteroatoms. The number of allylic oxidation sites excluding steroid dienone is 1. The molecular weight excluding hydrogens is 274 g/mol. The number of carbonyl (C=O) groups excluding carboxylic acids is 2. The van der Waals surface area contributed by atoms with E-state index in [1.165, 1.54) is 19.3 Å². The van der Waals surface area contributed by atoms with Crippen molar-refractivity contribution in [3.63, 3.8) is 0 Å². The lowest BCUT2D eigenvalue weighted by Crippen LogP contribution is -2.11. The van der Waals surface area contributed by atoms with E-state index in [2.05, 4.69) is 10.8 Å². The van der Waals surface area contributed by atoms with Crippen LogP contribution >= 0.6 is 0 Å². The number of carbonyl (C=O) groups is 2. The summed E-state index contributed by atoms with van der Waals surface area (Å²) >= 11 is 0. The molecule has 0 aromatic rings. The van der Waals surface area contributed by atoms with E-state index in [4.69, 9.17) is 14.7 Å². The molecule has 112 valence electrons. The van der Waals surface area contributed by atoms with Gasteiger partial charge in [0.15, 0.2) is 0 Å². The minimum absolute atomic E-state index is 0.106. The molecule has 0 fully saturated rings. The van der Waals surface area contributed by atoms with Crippen LogP contribution in [0.1, 0.15) is 20.8 Å². The molecule has 0 aromatic heterocycles. The summed E-state index contributed by atoms with van der Waals surface area (Å²) in [6.45, 7) is 5.00. The van der Waals surface area contributed by atoms with Gasteiger partial charge < -0.3 is 14.2 Å². The standard InChI is InChI=1S/C15H17NO5/c1-10-7-12(21-13(10)17)20-8-11(14(18)19-4)5-6-15(2,3)9-16/h5-8,12H,1-4H3/b6-5+,11-8+. The van der Waals surface area contributed by atoms with Gasteiger partial charge in [0.1, 0.15) is 6.26 Å². The zero-order valence-corrected chi connectivity index (χ0v) is 12.4. The number of cyclic esters (lactones) is 1. The summed E-state index contributed by atoms with van der Waals surface area (Å²) in [5.74, 6) is -1.08. The Morgan fingerprint density at radius 3 is 2.67 bits per heavy atom. The highest BCUT2D eigenvalue weighted by atomic mass is 16.7. The average Bonchev–Trinajstić information content (AvgIpc) is 2.77. The molecule has 0 amide bonds. The van der Waals surface area contributed by atoms with E-state index in [1.807, 2.05) is 0 Å². The van der Waals surface area contributed by atoms with Crippen LogP contribution in [-0.2, 0) is 23.8 Å². The van der Waals surface area contributed by atoms with E-state index >= 15 is 0 Å².